The number of benzene rings is 2. The highest BCUT2D eigenvalue weighted by molar-refractivity contribution is 5.82. The zero-order valence-electron chi connectivity index (χ0n) is 13.6. The minimum Gasteiger partial charge on any atom is -0.201 e. The van der Waals surface area contributed by atoms with Crippen LogP contribution in [0.25, 0.3) is 10.8 Å². The standard InChI is InChI=1S/C16H14N.2C2H6/c1-4-10-17(11-5-1)13-14-8-9-15-6-2-3-7-16(15)12-14;2*1-2/h1-12H,13H2;2*1-2H3/q+1;;. The molecule has 0 bridgehead atoms. The van der Waals surface area contributed by atoms with E-state index in [1.54, 1.807) is 0 Å². The second-order valence-electron chi connectivity index (χ2n) is 4.23. The summed E-state index contributed by atoms with van der Waals surface area (Å²) in [5.74, 6) is 0. The van der Waals surface area contributed by atoms with Crippen LogP contribution in [0, 0.1) is 0 Å². The molecule has 0 spiro atoms. The molecule has 0 unspecified atom stereocenters. The van der Waals surface area contributed by atoms with Crippen molar-refractivity contribution in [2.45, 2.75) is 34.2 Å². The summed E-state index contributed by atoms with van der Waals surface area (Å²) in [6, 6.07) is 21.3. The van der Waals surface area contributed by atoms with Gasteiger partial charge in [0.1, 0.15) is 0 Å². The number of hydrogen-bond acceptors (Lipinski definition) is 0. The predicted molar refractivity (Wildman–Crippen MR) is 92.4 cm³/mol. The summed E-state index contributed by atoms with van der Waals surface area (Å²) in [6.45, 7) is 8.92. The first-order valence-electron chi connectivity index (χ1n) is 7.83. The van der Waals surface area contributed by atoms with Crippen molar-refractivity contribution in [1.82, 2.24) is 0 Å². The lowest BCUT2D eigenvalue weighted by atomic mass is 10.1. The Kier molecular flexibility index (Phi) is 7.81. The van der Waals surface area contributed by atoms with Crippen LogP contribution in [0.5, 0.6) is 0 Å². The monoisotopic (exact) mass is 280 g/mol. The highest BCUT2D eigenvalue weighted by atomic mass is 14.9. The second kappa shape index (κ2) is 9.71. The lowest BCUT2D eigenvalue weighted by molar-refractivity contribution is -0.688. The third kappa shape index (κ3) is 5.03. The first-order valence-corrected chi connectivity index (χ1v) is 7.83. The Morgan fingerprint density at radius 3 is 1.95 bits per heavy atom. The van der Waals surface area contributed by atoms with Gasteiger partial charge in [-0.1, -0.05) is 70.2 Å². The molecular weight excluding hydrogens is 254 g/mol. The molecule has 3 rings (SSSR count). The second-order valence-corrected chi connectivity index (χ2v) is 4.23. The van der Waals surface area contributed by atoms with Crippen molar-refractivity contribution in [2.24, 2.45) is 0 Å². The number of aromatic nitrogens is 1. The van der Waals surface area contributed by atoms with Crippen LogP contribution < -0.4 is 4.57 Å². The molecule has 2 aromatic carbocycles. The van der Waals surface area contributed by atoms with Gasteiger partial charge in [-0.25, -0.2) is 4.57 Å². The molecule has 21 heavy (non-hydrogen) atoms. The Balaban J connectivity index is 0.000000510. The van der Waals surface area contributed by atoms with Crippen LogP contribution >= 0.6 is 0 Å². The van der Waals surface area contributed by atoms with Gasteiger partial charge in [0.15, 0.2) is 18.9 Å². The summed E-state index contributed by atoms with van der Waals surface area (Å²) in [7, 11) is 0. The van der Waals surface area contributed by atoms with Gasteiger partial charge in [-0.2, -0.15) is 0 Å². The maximum atomic E-state index is 2.26. The zero-order chi connectivity index (χ0) is 15.5. The molecule has 0 N–H and O–H groups in total. The number of nitrogens with zero attached hydrogens (tertiary/aromatic N) is 1. The molecule has 1 aromatic heterocycles. The summed E-state index contributed by atoms with van der Waals surface area (Å²) in [6.07, 6.45) is 4.18. The molecule has 0 amide bonds. The molecule has 0 saturated heterocycles. The van der Waals surface area contributed by atoms with Gasteiger partial charge in [0.25, 0.3) is 0 Å². The average Bonchev–Trinajstić information content (AvgIpc) is 2.59. The molecule has 0 fully saturated rings. The Labute approximate surface area is 128 Å². The van der Waals surface area contributed by atoms with Gasteiger partial charge in [0, 0.05) is 17.7 Å². The van der Waals surface area contributed by atoms with E-state index in [-0.39, 0.29) is 0 Å². The van der Waals surface area contributed by atoms with E-state index in [9.17, 15) is 0 Å². The number of fused-ring (bicyclic) bond motifs is 1. The third-order valence-corrected chi connectivity index (χ3v) is 2.96. The Morgan fingerprint density at radius 2 is 1.29 bits per heavy atom. The minimum atomic E-state index is 0.922. The van der Waals surface area contributed by atoms with Gasteiger partial charge >= 0.3 is 0 Å². The zero-order valence-corrected chi connectivity index (χ0v) is 13.6. The highest BCUT2D eigenvalue weighted by Crippen LogP contribution is 2.15. The van der Waals surface area contributed by atoms with E-state index in [0.717, 1.165) is 6.54 Å². The lowest BCUT2D eigenvalue weighted by Gasteiger charge is -2.01. The van der Waals surface area contributed by atoms with Crippen molar-refractivity contribution < 1.29 is 4.57 Å². The molecule has 0 radical (unpaired) electrons. The van der Waals surface area contributed by atoms with Gasteiger partial charge in [-0.15, -0.1) is 0 Å². The van der Waals surface area contributed by atoms with Crippen molar-refractivity contribution in [2.75, 3.05) is 0 Å². The van der Waals surface area contributed by atoms with Gasteiger partial charge in [0.2, 0.25) is 0 Å². The third-order valence-electron chi connectivity index (χ3n) is 2.96. The number of rotatable bonds is 2. The van der Waals surface area contributed by atoms with Crippen LogP contribution in [-0.4, -0.2) is 0 Å². The summed E-state index contributed by atoms with van der Waals surface area (Å²) in [5, 5.41) is 2.61. The predicted octanol–water partition coefficient (Wildman–Crippen LogP) is 5.23. The summed E-state index contributed by atoms with van der Waals surface area (Å²) in [5.41, 5.74) is 1.33. The van der Waals surface area contributed by atoms with Crippen molar-refractivity contribution in [1.29, 1.82) is 0 Å². The molecule has 110 valence electrons. The van der Waals surface area contributed by atoms with E-state index in [2.05, 4.69) is 71.6 Å². The van der Waals surface area contributed by atoms with E-state index in [1.165, 1.54) is 16.3 Å². The summed E-state index contributed by atoms with van der Waals surface area (Å²) < 4.78 is 2.18. The SMILES string of the molecule is CC.CC.c1cc[n+](Cc2ccc3ccccc3c2)cc1. The highest BCUT2D eigenvalue weighted by Gasteiger charge is 2.01. The fourth-order valence-electron chi connectivity index (χ4n) is 2.09. The molecule has 0 aliphatic heterocycles. The van der Waals surface area contributed by atoms with Crippen molar-refractivity contribution in [3.05, 3.63) is 78.6 Å². The van der Waals surface area contributed by atoms with E-state index >= 15 is 0 Å². The van der Waals surface area contributed by atoms with Gasteiger partial charge in [-0.3, -0.25) is 0 Å². The van der Waals surface area contributed by atoms with Crippen LogP contribution in [0.3, 0.4) is 0 Å². The van der Waals surface area contributed by atoms with Crippen LogP contribution in [0.15, 0.2) is 73.1 Å². The Morgan fingerprint density at radius 1 is 0.667 bits per heavy atom. The Bertz CT molecular complexity index is 629. The fraction of sp³-hybridized carbons (Fsp3) is 0.250. The van der Waals surface area contributed by atoms with Crippen LogP contribution in [0.2, 0.25) is 0 Å². The minimum absolute atomic E-state index is 0.922. The summed E-state index contributed by atoms with van der Waals surface area (Å²) in [4.78, 5) is 0. The first-order chi connectivity index (χ1) is 10.4. The lowest BCUT2D eigenvalue weighted by Crippen LogP contribution is -2.32. The molecule has 0 atom stereocenters. The number of hydrogen-bond donors (Lipinski definition) is 0. The molecule has 0 aliphatic carbocycles. The summed E-state index contributed by atoms with van der Waals surface area (Å²) >= 11 is 0. The average molecular weight is 280 g/mol. The van der Waals surface area contributed by atoms with E-state index in [0.29, 0.717) is 0 Å². The van der Waals surface area contributed by atoms with E-state index in [4.69, 9.17) is 0 Å². The van der Waals surface area contributed by atoms with Crippen LogP contribution in [0.4, 0.5) is 0 Å². The molecule has 1 heteroatoms. The molecule has 0 aliphatic rings. The molecule has 3 aromatic rings. The maximum Gasteiger partial charge on any atom is 0.173 e. The van der Waals surface area contributed by atoms with Crippen LogP contribution in [0.1, 0.15) is 33.3 Å². The number of pyridine rings is 1. The topological polar surface area (TPSA) is 3.88 Å². The normalized spacial score (nSPS) is 9.14. The van der Waals surface area contributed by atoms with E-state index < -0.39 is 0 Å². The van der Waals surface area contributed by atoms with Crippen molar-refractivity contribution in [3.63, 3.8) is 0 Å². The van der Waals surface area contributed by atoms with Crippen molar-refractivity contribution in [3.8, 4) is 0 Å². The fourth-order valence-corrected chi connectivity index (χ4v) is 2.09. The maximum absolute atomic E-state index is 2.26. The van der Waals surface area contributed by atoms with Gasteiger partial charge in [0.05, 0.1) is 0 Å². The molecule has 1 nitrogen and oxygen atoms in total. The Hall–Kier alpha value is -2.15. The molecule has 1 heterocycles. The largest absolute Gasteiger partial charge is 0.201 e. The first kappa shape index (κ1) is 16.9. The molecular formula is C20H26N+. The molecule has 0 saturated carbocycles. The van der Waals surface area contributed by atoms with E-state index in [1.807, 2.05) is 33.8 Å². The van der Waals surface area contributed by atoms with Crippen molar-refractivity contribution >= 4 is 10.8 Å². The van der Waals surface area contributed by atoms with Gasteiger partial charge < -0.3 is 0 Å². The van der Waals surface area contributed by atoms with Crippen LogP contribution in [-0.2, 0) is 6.54 Å². The quantitative estimate of drug-likeness (QED) is 0.566. The smallest absolute Gasteiger partial charge is 0.173 e. The van der Waals surface area contributed by atoms with Gasteiger partial charge in [-0.05, 0) is 16.8 Å².